The van der Waals surface area contributed by atoms with E-state index in [0.717, 1.165) is 36.2 Å². The number of piperidine rings is 1. The number of fused-ring (bicyclic) bond motifs is 1. The molecule has 1 saturated heterocycles. The highest BCUT2D eigenvalue weighted by molar-refractivity contribution is 5.83. The van der Waals surface area contributed by atoms with Crippen LogP contribution in [0.5, 0.6) is 0 Å². The summed E-state index contributed by atoms with van der Waals surface area (Å²) in [4.78, 5) is 37.0. The summed E-state index contributed by atoms with van der Waals surface area (Å²) < 4.78 is 33.4. The van der Waals surface area contributed by atoms with Gasteiger partial charge in [0.05, 0.1) is 23.6 Å². The Hall–Kier alpha value is -4.70. The summed E-state index contributed by atoms with van der Waals surface area (Å²) in [6.07, 6.45) is 0.266. The molecule has 1 aliphatic rings. The number of alkyl halides is 3. The van der Waals surface area contributed by atoms with E-state index in [4.69, 9.17) is 20.6 Å². The Morgan fingerprint density at radius 3 is 2.64 bits per heavy atom. The maximum Gasteiger partial charge on any atom is 0.490 e. The number of nitrogens with two attached hydrogens (primary N) is 1. The van der Waals surface area contributed by atoms with Gasteiger partial charge in [-0.3, -0.25) is 14.3 Å². The van der Waals surface area contributed by atoms with Crippen molar-refractivity contribution >= 4 is 23.0 Å². The number of aliphatic carboxylic acids is 1. The molecule has 0 aliphatic carbocycles. The van der Waals surface area contributed by atoms with Crippen LogP contribution in [-0.2, 0) is 11.3 Å². The van der Waals surface area contributed by atoms with Crippen LogP contribution in [-0.4, -0.2) is 55.9 Å². The average Bonchev–Trinajstić information content (AvgIpc) is 3.35. The number of carbonyl (C=O) groups is 1. The van der Waals surface area contributed by atoms with Gasteiger partial charge in [-0.05, 0) is 42.7 Å². The van der Waals surface area contributed by atoms with Gasteiger partial charge in [0.25, 0.3) is 5.56 Å². The molecular weight excluding hydrogens is 515 g/mol. The topological polar surface area (TPSA) is 154 Å². The molecule has 39 heavy (non-hydrogen) atoms. The fraction of sp³-hybridized carbons (Fsp3) is 0.269. The van der Waals surface area contributed by atoms with Crippen molar-refractivity contribution in [1.82, 2.24) is 19.5 Å². The van der Waals surface area contributed by atoms with Crippen molar-refractivity contribution in [2.45, 2.75) is 31.6 Å². The largest absolute Gasteiger partial charge is 0.490 e. The summed E-state index contributed by atoms with van der Waals surface area (Å²) in [6, 6.07) is 15.2. The first-order valence-corrected chi connectivity index (χ1v) is 11.9. The highest BCUT2D eigenvalue weighted by atomic mass is 19.4. The Morgan fingerprint density at radius 2 is 2.00 bits per heavy atom. The van der Waals surface area contributed by atoms with Gasteiger partial charge in [-0.1, -0.05) is 18.2 Å². The third-order valence-corrected chi connectivity index (χ3v) is 6.15. The Balaban J connectivity index is 0.000000448. The number of anilines is 1. The molecule has 4 N–H and O–H groups in total. The van der Waals surface area contributed by atoms with E-state index in [2.05, 4.69) is 20.9 Å². The number of nitrogens with one attached hydrogen (secondary N) is 1. The molecule has 0 saturated carbocycles. The zero-order chi connectivity index (χ0) is 28.2. The Labute approximate surface area is 220 Å². The minimum atomic E-state index is -5.08. The van der Waals surface area contributed by atoms with Gasteiger partial charge in [-0.15, -0.1) is 0 Å². The number of hydrogen-bond donors (Lipinski definition) is 3. The highest BCUT2D eigenvalue weighted by Gasteiger charge is 2.38. The third-order valence-electron chi connectivity index (χ3n) is 6.15. The number of nitriles is 1. The fourth-order valence-corrected chi connectivity index (χ4v) is 4.28. The highest BCUT2D eigenvalue weighted by Crippen LogP contribution is 2.25. The van der Waals surface area contributed by atoms with Crippen molar-refractivity contribution in [1.29, 1.82) is 5.26 Å². The number of pyridine rings is 1. The quantitative estimate of drug-likeness (QED) is 0.357. The lowest BCUT2D eigenvalue weighted by atomic mass is 10.1. The Morgan fingerprint density at radius 1 is 1.26 bits per heavy atom. The van der Waals surface area contributed by atoms with Crippen LogP contribution in [0.15, 0.2) is 59.7 Å². The number of carboxylic acids is 1. The fourth-order valence-electron chi connectivity index (χ4n) is 4.28. The number of aromatic amines is 1. The van der Waals surface area contributed by atoms with Crippen LogP contribution < -0.4 is 16.2 Å². The molecule has 0 bridgehead atoms. The van der Waals surface area contributed by atoms with Crippen LogP contribution in [0.4, 0.5) is 19.1 Å². The zero-order valence-electron chi connectivity index (χ0n) is 20.5. The van der Waals surface area contributed by atoms with Gasteiger partial charge in [-0.2, -0.15) is 23.4 Å². The number of H-pyrrole nitrogens is 1. The first-order chi connectivity index (χ1) is 18.6. The zero-order valence-corrected chi connectivity index (χ0v) is 20.5. The second kappa shape index (κ2) is 11.4. The number of aromatic nitrogens is 4. The Bertz CT molecular complexity index is 1580. The van der Waals surface area contributed by atoms with Crippen LogP contribution in [0.2, 0.25) is 0 Å². The molecule has 5 rings (SSSR count). The molecule has 4 aromatic rings. The van der Waals surface area contributed by atoms with Crippen molar-refractivity contribution in [3.05, 3.63) is 76.3 Å². The lowest BCUT2D eigenvalue weighted by Crippen LogP contribution is -2.45. The standard InChI is InChI=1S/C24H23N7O.C2HF3O2/c25-12-16-5-1-2-6-18(16)14-31-23(32)20-11-21(17-7-3-9-27-13-17)28-22(20)29-24(31)30-10-4-8-19(26)15-30;3-2(4,5)1(6)7/h1-3,5-7,9,11,13,19,28H,4,8,10,14-15,26H2;(H,6,7)/t19-;/m1./s1. The van der Waals surface area contributed by atoms with Gasteiger partial charge >= 0.3 is 12.1 Å². The lowest BCUT2D eigenvalue weighted by molar-refractivity contribution is -0.192. The summed E-state index contributed by atoms with van der Waals surface area (Å²) in [5.41, 5.74) is 9.61. The number of rotatable bonds is 4. The van der Waals surface area contributed by atoms with Crippen LogP contribution >= 0.6 is 0 Å². The molecule has 0 amide bonds. The molecular formula is C26H24F3N7O3. The summed E-state index contributed by atoms with van der Waals surface area (Å²) in [5.74, 6) is -2.18. The number of halogens is 3. The number of carboxylic acid groups (broad SMARTS) is 1. The van der Waals surface area contributed by atoms with Gasteiger partial charge in [0.2, 0.25) is 5.95 Å². The van der Waals surface area contributed by atoms with Gasteiger partial charge in [0.1, 0.15) is 5.65 Å². The third kappa shape index (κ3) is 6.24. The number of nitrogens with zero attached hydrogens (tertiary/aromatic N) is 5. The molecule has 13 heteroatoms. The van der Waals surface area contributed by atoms with E-state index in [1.165, 1.54) is 0 Å². The summed E-state index contributed by atoms with van der Waals surface area (Å²) in [6.45, 7) is 1.68. The molecule has 3 aromatic heterocycles. The van der Waals surface area contributed by atoms with Crippen LogP contribution in [0.1, 0.15) is 24.0 Å². The predicted molar refractivity (Wildman–Crippen MR) is 137 cm³/mol. The van der Waals surface area contributed by atoms with Crippen LogP contribution in [0.3, 0.4) is 0 Å². The SMILES string of the molecule is N#Cc1ccccc1Cn1c(N2CCC[C@@H](N)C2)nc2[nH]c(-c3cccnc3)cc2c1=O.O=C(O)C(F)(F)F. The molecule has 1 fully saturated rings. The van der Waals surface area contributed by atoms with Crippen molar-refractivity contribution in [2.75, 3.05) is 18.0 Å². The molecule has 0 unspecified atom stereocenters. The Kier molecular flexibility index (Phi) is 7.96. The average molecular weight is 540 g/mol. The van der Waals surface area contributed by atoms with Crippen LogP contribution in [0.25, 0.3) is 22.3 Å². The molecule has 0 spiro atoms. The maximum atomic E-state index is 13.7. The molecule has 10 nitrogen and oxygen atoms in total. The molecule has 202 valence electrons. The predicted octanol–water partition coefficient (Wildman–Crippen LogP) is 3.27. The first kappa shape index (κ1) is 27.3. The van der Waals surface area contributed by atoms with E-state index < -0.39 is 12.1 Å². The second-order valence-electron chi connectivity index (χ2n) is 8.91. The molecule has 1 atom stereocenters. The van der Waals surface area contributed by atoms with Gasteiger partial charge in [0, 0.05) is 42.8 Å². The first-order valence-electron chi connectivity index (χ1n) is 11.9. The smallest absolute Gasteiger partial charge is 0.475 e. The summed E-state index contributed by atoms with van der Waals surface area (Å²) in [7, 11) is 0. The van der Waals surface area contributed by atoms with Gasteiger partial charge < -0.3 is 20.7 Å². The molecule has 4 heterocycles. The number of hydrogen-bond acceptors (Lipinski definition) is 7. The van der Waals surface area contributed by atoms with E-state index in [1.54, 1.807) is 23.0 Å². The van der Waals surface area contributed by atoms with E-state index in [9.17, 15) is 23.2 Å². The minimum Gasteiger partial charge on any atom is -0.475 e. The molecule has 0 radical (unpaired) electrons. The summed E-state index contributed by atoms with van der Waals surface area (Å²) in [5, 5.41) is 17.2. The minimum absolute atomic E-state index is 0.0331. The van der Waals surface area contributed by atoms with Gasteiger partial charge in [0.15, 0.2) is 0 Å². The number of benzene rings is 1. The lowest BCUT2D eigenvalue weighted by Gasteiger charge is -2.33. The van der Waals surface area contributed by atoms with E-state index in [1.807, 2.05) is 36.4 Å². The molecule has 1 aliphatic heterocycles. The van der Waals surface area contributed by atoms with Gasteiger partial charge in [-0.25, -0.2) is 4.79 Å². The van der Waals surface area contributed by atoms with Crippen molar-refractivity contribution < 1.29 is 23.1 Å². The van der Waals surface area contributed by atoms with Crippen LogP contribution in [0, 0.1) is 11.3 Å². The summed E-state index contributed by atoms with van der Waals surface area (Å²) >= 11 is 0. The van der Waals surface area contributed by atoms with Crippen molar-refractivity contribution in [3.63, 3.8) is 0 Å². The second-order valence-corrected chi connectivity index (χ2v) is 8.91. The van der Waals surface area contributed by atoms with E-state index in [0.29, 0.717) is 29.1 Å². The van der Waals surface area contributed by atoms with Crippen molar-refractivity contribution in [2.24, 2.45) is 5.73 Å². The van der Waals surface area contributed by atoms with E-state index >= 15 is 0 Å². The monoisotopic (exact) mass is 539 g/mol. The normalized spacial score (nSPS) is 15.4. The van der Waals surface area contributed by atoms with E-state index in [-0.39, 0.29) is 18.1 Å². The van der Waals surface area contributed by atoms with Crippen molar-refractivity contribution in [3.8, 4) is 17.3 Å². The molecule has 1 aromatic carbocycles. The maximum absolute atomic E-state index is 13.7.